The summed E-state index contributed by atoms with van der Waals surface area (Å²) < 4.78 is 10.3. The highest BCUT2D eigenvalue weighted by Gasteiger charge is 2.12. The Morgan fingerprint density at radius 1 is 1.37 bits per heavy atom. The molecule has 0 aliphatic rings. The smallest absolute Gasteiger partial charge is 0.221 e. The summed E-state index contributed by atoms with van der Waals surface area (Å²) in [4.78, 5) is 11.3. The van der Waals surface area contributed by atoms with Crippen LogP contribution in [0.15, 0.2) is 18.2 Å². The van der Waals surface area contributed by atoms with E-state index in [0.29, 0.717) is 17.1 Å². The molecule has 1 rings (SSSR count). The number of halogens is 1. The van der Waals surface area contributed by atoms with E-state index in [2.05, 4.69) is 5.32 Å². The summed E-state index contributed by atoms with van der Waals surface area (Å²) in [5.74, 6) is 1.20. The maximum atomic E-state index is 11.3. The molecule has 1 aromatic carbocycles. The second-order valence-electron chi connectivity index (χ2n) is 3.87. The van der Waals surface area contributed by atoms with Crippen molar-refractivity contribution in [1.29, 1.82) is 0 Å². The number of hydrogen-bond donors (Lipinski definition) is 2. The first-order chi connectivity index (χ1) is 9.12. The molecular weight excluding hydrogens is 270 g/mol. The van der Waals surface area contributed by atoms with Gasteiger partial charge in [-0.05, 0) is 17.7 Å². The first-order valence-corrected chi connectivity index (χ1v) is 6.38. The van der Waals surface area contributed by atoms with Crippen LogP contribution in [0.3, 0.4) is 0 Å². The molecule has 0 radical (unpaired) electrons. The second kappa shape index (κ2) is 7.86. The Balaban J connectivity index is 2.66. The van der Waals surface area contributed by atoms with Gasteiger partial charge in [-0.25, -0.2) is 0 Å². The van der Waals surface area contributed by atoms with Crippen LogP contribution in [0.5, 0.6) is 11.5 Å². The van der Waals surface area contributed by atoms with Gasteiger partial charge in [0, 0.05) is 18.8 Å². The summed E-state index contributed by atoms with van der Waals surface area (Å²) in [5.41, 5.74) is 0.642. The molecule has 0 aromatic heterocycles. The zero-order valence-corrected chi connectivity index (χ0v) is 11.7. The number of amides is 1. The van der Waals surface area contributed by atoms with E-state index < -0.39 is 6.10 Å². The van der Waals surface area contributed by atoms with E-state index >= 15 is 0 Å². The summed E-state index contributed by atoms with van der Waals surface area (Å²) in [6, 6.07) is 5.11. The van der Waals surface area contributed by atoms with Crippen LogP contribution >= 0.6 is 11.6 Å². The molecule has 1 unspecified atom stereocenters. The summed E-state index contributed by atoms with van der Waals surface area (Å²) in [7, 11) is 3.07. The summed E-state index contributed by atoms with van der Waals surface area (Å²) in [6.45, 7) is 0.130. The van der Waals surface area contributed by atoms with Gasteiger partial charge in [-0.1, -0.05) is 6.07 Å². The molecule has 0 aliphatic carbocycles. The first kappa shape index (κ1) is 15.6. The second-order valence-corrected chi connectivity index (χ2v) is 4.25. The lowest BCUT2D eigenvalue weighted by Crippen LogP contribution is -2.28. The quantitative estimate of drug-likeness (QED) is 0.746. The maximum absolute atomic E-state index is 11.3. The molecule has 0 aliphatic heterocycles. The molecule has 0 heterocycles. The first-order valence-electron chi connectivity index (χ1n) is 5.85. The Labute approximate surface area is 117 Å². The molecule has 1 atom stereocenters. The van der Waals surface area contributed by atoms with Crippen LogP contribution in [-0.4, -0.2) is 37.7 Å². The Morgan fingerprint density at radius 2 is 2.05 bits per heavy atom. The number of rotatable bonds is 7. The third-order valence-corrected chi connectivity index (χ3v) is 2.80. The van der Waals surface area contributed by atoms with E-state index in [1.165, 1.54) is 7.11 Å². The number of nitrogens with one attached hydrogen (secondary N) is 1. The molecule has 2 N–H and O–H groups in total. The average molecular weight is 288 g/mol. The van der Waals surface area contributed by atoms with Crippen LogP contribution < -0.4 is 14.8 Å². The van der Waals surface area contributed by atoms with Crippen molar-refractivity contribution in [3.8, 4) is 11.5 Å². The van der Waals surface area contributed by atoms with Crippen LogP contribution in [0.2, 0.25) is 0 Å². The molecule has 1 amide bonds. The molecule has 0 saturated carbocycles. The zero-order valence-electron chi connectivity index (χ0n) is 11.0. The van der Waals surface area contributed by atoms with Gasteiger partial charge >= 0.3 is 0 Å². The average Bonchev–Trinajstić information content (AvgIpc) is 2.44. The number of carbonyl (C=O) groups excluding carboxylic acids is 1. The van der Waals surface area contributed by atoms with E-state index in [-0.39, 0.29) is 24.8 Å². The van der Waals surface area contributed by atoms with Gasteiger partial charge in [0.15, 0.2) is 11.5 Å². The summed E-state index contributed by atoms with van der Waals surface area (Å²) in [6.07, 6.45) is -0.570. The molecule has 19 heavy (non-hydrogen) atoms. The Hall–Kier alpha value is -1.46. The maximum Gasteiger partial charge on any atom is 0.221 e. The van der Waals surface area contributed by atoms with Gasteiger partial charge < -0.3 is 19.9 Å². The van der Waals surface area contributed by atoms with E-state index in [0.717, 1.165) is 0 Å². The van der Waals surface area contributed by atoms with Gasteiger partial charge in [0.25, 0.3) is 0 Å². The lowest BCUT2D eigenvalue weighted by Gasteiger charge is -2.14. The number of alkyl halides is 1. The number of aliphatic hydroxyl groups is 1. The molecule has 0 spiro atoms. The third-order valence-electron chi connectivity index (χ3n) is 2.61. The topological polar surface area (TPSA) is 67.8 Å². The fourth-order valence-corrected chi connectivity index (χ4v) is 1.73. The predicted molar refractivity (Wildman–Crippen MR) is 72.9 cm³/mol. The normalized spacial score (nSPS) is 11.8. The van der Waals surface area contributed by atoms with Crippen molar-refractivity contribution < 1.29 is 19.4 Å². The van der Waals surface area contributed by atoms with Crippen molar-refractivity contribution in [3.63, 3.8) is 0 Å². The van der Waals surface area contributed by atoms with Crippen LogP contribution in [0, 0.1) is 0 Å². The largest absolute Gasteiger partial charge is 0.493 e. The van der Waals surface area contributed by atoms with Crippen molar-refractivity contribution in [2.75, 3.05) is 26.6 Å². The fraction of sp³-hybridized carbons (Fsp3) is 0.462. The number of aliphatic hydroxyl groups excluding tert-OH is 1. The van der Waals surface area contributed by atoms with Crippen molar-refractivity contribution in [2.45, 2.75) is 12.5 Å². The Bertz CT molecular complexity index is 425. The van der Waals surface area contributed by atoms with Crippen molar-refractivity contribution >= 4 is 17.5 Å². The molecule has 6 heteroatoms. The number of carbonyl (C=O) groups is 1. The van der Waals surface area contributed by atoms with Crippen LogP contribution in [0.25, 0.3) is 0 Å². The van der Waals surface area contributed by atoms with Gasteiger partial charge in [-0.2, -0.15) is 0 Å². The third kappa shape index (κ3) is 4.61. The summed E-state index contributed by atoms with van der Waals surface area (Å²) in [5, 5.41) is 12.6. The number of methoxy groups -OCH3 is 2. The van der Waals surface area contributed by atoms with E-state index in [1.54, 1.807) is 25.3 Å². The highest BCUT2D eigenvalue weighted by atomic mass is 35.5. The zero-order chi connectivity index (χ0) is 14.3. The fourth-order valence-electron chi connectivity index (χ4n) is 1.56. The van der Waals surface area contributed by atoms with Crippen LogP contribution in [0.1, 0.15) is 18.1 Å². The van der Waals surface area contributed by atoms with Crippen molar-refractivity contribution in [2.24, 2.45) is 0 Å². The number of hydrogen-bond acceptors (Lipinski definition) is 4. The van der Waals surface area contributed by atoms with Gasteiger partial charge in [0.05, 0.1) is 20.3 Å². The van der Waals surface area contributed by atoms with Crippen molar-refractivity contribution in [3.05, 3.63) is 23.8 Å². The Morgan fingerprint density at radius 3 is 2.63 bits per heavy atom. The standard InChI is InChI=1S/C13H18ClNO4/c1-18-11-4-3-9(7-12(11)19-2)10(16)8-15-13(17)5-6-14/h3-4,7,10,16H,5-6,8H2,1-2H3,(H,15,17). The minimum atomic E-state index is -0.806. The monoisotopic (exact) mass is 287 g/mol. The lowest BCUT2D eigenvalue weighted by molar-refractivity contribution is -0.121. The minimum Gasteiger partial charge on any atom is -0.493 e. The SMILES string of the molecule is COc1ccc(C(O)CNC(=O)CCCl)cc1OC. The molecule has 0 bridgehead atoms. The van der Waals surface area contributed by atoms with E-state index in [9.17, 15) is 9.90 Å². The lowest BCUT2D eigenvalue weighted by atomic mass is 10.1. The van der Waals surface area contributed by atoms with Gasteiger partial charge in [0.2, 0.25) is 5.91 Å². The van der Waals surface area contributed by atoms with E-state index in [1.807, 2.05) is 0 Å². The highest BCUT2D eigenvalue weighted by Crippen LogP contribution is 2.29. The highest BCUT2D eigenvalue weighted by molar-refractivity contribution is 6.18. The molecule has 0 fully saturated rings. The molecule has 0 saturated heterocycles. The van der Waals surface area contributed by atoms with Crippen LogP contribution in [0.4, 0.5) is 0 Å². The van der Waals surface area contributed by atoms with Crippen LogP contribution in [-0.2, 0) is 4.79 Å². The van der Waals surface area contributed by atoms with Crippen molar-refractivity contribution in [1.82, 2.24) is 5.32 Å². The van der Waals surface area contributed by atoms with Gasteiger partial charge in [-0.3, -0.25) is 4.79 Å². The predicted octanol–water partition coefficient (Wildman–Crippen LogP) is 1.48. The molecule has 5 nitrogen and oxygen atoms in total. The van der Waals surface area contributed by atoms with Gasteiger partial charge in [0.1, 0.15) is 0 Å². The molecular formula is C13H18ClNO4. The number of ether oxygens (including phenoxy) is 2. The minimum absolute atomic E-state index is 0.130. The molecule has 106 valence electrons. The Kier molecular flexibility index (Phi) is 6.45. The van der Waals surface area contributed by atoms with E-state index in [4.69, 9.17) is 21.1 Å². The van der Waals surface area contributed by atoms with Gasteiger partial charge in [-0.15, -0.1) is 11.6 Å². The summed E-state index contributed by atoms with van der Waals surface area (Å²) >= 11 is 5.45. The number of benzene rings is 1. The molecule has 1 aromatic rings.